The zero-order valence-corrected chi connectivity index (χ0v) is 11.4. The van der Waals surface area contributed by atoms with Crippen LogP contribution in [0.25, 0.3) is 0 Å². The number of piperidine rings is 1. The van der Waals surface area contributed by atoms with Crippen LogP contribution in [-0.4, -0.2) is 42.9 Å². The predicted molar refractivity (Wildman–Crippen MR) is 68.9 cm³/mol. The van der Waals surface area contributed by atoms with Crippen molar-refractivity contribution in [3.63, 3.8) is 0 Å². The zero-order chi connectivity index (χ0) is 14.6. The topological polar surface area (TPSA) is 103 Å². The lowest BCUT2D eigenvalue weighted by atomic mass is 10.1. The maximum Gasteiger partial charge on any atom is 0.245 e. The van der Waals surface area contributed by atoms with E-state index in [1.807, 2.05) is 0 Å². The van der Waals surface area contributed by atoms with Gasteiger partial charge in [0.1, 0.15) is 11.0 Å². The summed E-state index contributed by atoms with van der Waals surface area (Å²) in [5.74, 6) is 0. The van der Waals surface area contributed by atoms with E-state index in [0.29, 0.717) is 12.8 Å². The molecule has 1 aliphatic heterocycles. The van der Waals surface area contributed by atoms with Crippen LogP contribution >= 0.6 is 0 Å². The van der Waals surface area contributed by atoms with Crippen molar-refractivity contribution in [1.82, 2.24) is 9.29 Å². The van der Waals surface area contributed by atoms with Gasteiger partial charge in [0.25, 0.3) is 0 Å². The molecule has 20 heavy (non-hydrogen) atoms. The van der Waals surface area contributed by atoms with Gasteiger partial charge in [-0.1, -0.05) is 0 Å². The van der Waals surface area contributed by atoms with E-state index in [9.17, 15) is 13.2 Å². The summed E-state index contributed by atoms with van der Waals surface area (Å²) in [6.07, 6.45) is 3.81. The third-order valence-corrected chi connectivity index (χ3v) is 5.08. The van der Waals surface area contributed by atoms with Crippen LogP contribution in [0.3, 0.4) is 0 Å². The first-order chi connectivity index (χ1) is 9.59. The third kappa shape index (κ3) is 2.75. The van der Waals surface area contributed by atoms with E-state index in [4.69, 9.17) is 5.26 Å². The number of pyridine rings is 1. The highest BCUT2D eigenvalue weighted by atomic mass is 32.2. The lowest BCUT2D eigenvalue weighted by Gasteiger charge is -2.28. The van der Waals surface area contributed by atoms with Crippen LogP contribution in [-0.2, 0) is 14.8 Å². The number of rotatable bonds is 3. The highest BCUT2D eigenvalue weighted by molar-refractivity contribution is 7.89. The molecule has 7 nitrogen and oxygen atoms in total. The van der Waals surface area contributed by atoms with E-state index in [1.54, 1.807) is 6.07 Å². The van der Waals surface area contributed by atoms with Gasteiger partial charge >= 0.3 is 0 Å². The number of nitrogens with zero attached hydrogens (tertiary/aromatic N) is 4. The molecule has 8 heteroatoms. The first-order valence-electron chi connectivity index (χ1n) is 6.02. The molecular weight excluding hydrogens is 280 g/mol. The lowest BCUT2D eigenvalue weighted by Crippen LogP contribution is -2.39. The Morgan fingerprint density at radius 1 is 1.40 bits per heavy atom. The smallest absolute Gasteiger partial charge is 0.244 e. The minimum atomic E-state index is -3.74. The molecule has 0 radical (unpaired) electrons. The largest absolute Gasteiger partial charge is 0.245 e. The van der Waals surface area contributed by atoms with E-state index in [0.717, 1.165) is 0 Å². The first-order valence-corrected chi connectivity index (χ1v) is 7.46. The Bertz CT molecular complexity index is 681. The molecule has 1 aromatic heterocycles. The standard InChI is InChI=1S/C12H12N4O3S/c13-8-11-12(2-1-5-14-11)20(18,19)16-6-3-10(4-7-16)15-9-17/h1-2,5,10H,3-4,6-7H2. The Morgan fingerprint density at radius 3 is 2.70 bits per heavy atom. The molecule has 1 aromatic rings. The Kier molecular flexibility index (Phi) is 4.25. The van der Waals surface area contributed by atoms with E-state index in [-0.39, 0.29) is 29.7 Å². The van der Waals surface area contributed by atoms with Crippen molar-refractivity contribution >= 4 is 16.1 Å². The Hall–Kier alpha value is -2.07. The fourth-order valence-corrected chi connectivity index (χ4v) is 3.67. The number of hydrogen-bond donors (Lipinski definition) is 0. The molecule has 2 heterocycles. The van der Waals surface area contributed by atoms with Crippen LogP contribution in [0.4, 0.5) is 0 Å². The Balaban J connectivity index is 2.25. The van der Waals surface area contributed by atoms with E-state index in [1.165, 1.54) is 28.7 Å². The molecular formula is C12H12N4O3S. The van der Waals surface area contributed by atoms with Crippen molar-refractivity contribution in [2.75, 3.05) is 13.1 Å². The van der Waals surface area contributed by atoms with Crippen LogP contribution in [0.2, 0.25) is 0 Å². The number of nitriles is 1. The molecule has 0 amide bonds. The molecule has 0 spiro atoms. The highest BCUT2D eigenvalue weighted by Gasteiger charge is 2.31. The number of hydrogen-bond acceptors (Lipinski definition) is 6. The number of sulfonamides is 1. The second kappa shape index (κ2) is 5.92. The van der Waals surface area contributed by atoms with Gasteiger partial charge in [0, 0.05) is 19.3 Å². The van der Waals surface area contributed by atoms with Gasteiger partial charge in [0.15, 0.2) is 5.69 Å². The molecule has 1 saturated heterocycles. The van der Waals surface area contributed by atoms with E-state index >= 15 is 0 Å². The zero-order valence-electron chi connectivity index (χ0n) is 10.6. The van der Waals surface area contributed by atoms with Crippen molar-refractivity contribution in [1.29, 1.82) is 5.26 Å². The van der Waals surface area contributed by atoms with Crippen LogP contribution in [0.5, 0.6) is 0 Å². The van der Waals surface area contributed by atoms with Crippen LogP contribution in [0.15, 0.2) is 28.2 Å². The second-order valence-corrected chi connectivity index (χ2v) is 6.22. The van der Waals surface area contributed by atoms with Gasteiger partial charge in [-0.05, 0) is 25.0 Å². The van der Waals surface area contributed by atoms with Gasteiger partial charge in [0.2, 0.25) is 16.1 Å². The summed E-state index contributed by atoms with van der Waals surface area (Å²) in [4.78, 5) is 17.5. The Labute approximate surface area is 116 Å². The van der Waals surface area contributed by atoms with Crippen molar-refractivity contribution in [3.8, 4) is 6.07 Å². The number of isocyanates is 1. The first kappa shape index (κ1) is 14.3. The average molecular weight is 292 g/mol. The van der Waals surface area contributed by atoms with Gasteiger partial charge in [-0.3, -0.25) is 0 Å². The number of carbonyl (C=O) groups excluding carboxylic acids is 1. The minimum Gasteiger partial charge on any atom is -0.244 e. The van der Waals surface area contributed by atoms with Crippen LogP contribution in [0.1, 0.15) is 18.5 Å². The second-order valence-electron chi connectivity index (χ2n) is 4.32. The molecule has 0 N–H and O–H groups in total. The third-order valence-electron chi connectivity index (χ3n) is 3.15. The maximum absolute atomic E-state index is 12.5. The monoisotopic (exact) mass is 292 g/mol. The van der Waals surface area contributed by atoms with Gasteiger partial charge in [-0.2, -0.15) is 9.57 Å². The molecule has 2 rings (SSSR count). The normalized spacial score (nSPS) is 17.1. The number of aromatic nitrogens is 1. The molecule has 0 aromatic carbocycles. The molecule has 0 saturated carbocycles. The lowest BCUT2D eigenvalue weighted by molar-refractivity contribution is 0.320. The van der Waals surface area contributed by atoms with Crippen LogP contribution in [0, 0.1) is 11.3 Å². The predicted octanol–water partition coefficient (Wildman–Crippen LogP) is 0.442. The van der Waals surface area contributed by atoms with E-state index < -0.39 is 10.0 Å². The number of aliphatic imine (C=N–C) groups is 1. The molecule has 0 atom stereocenters. The summed E-state index contributed by atoms with van der Waals surface area (Å²) in [6, 6.07) is 4.46. The van der Waals surface area contributed by atoms with Crippen molar-refractivity contribution in [2.24, 2.45) is 4.99 Å². The van der Waals surface area contributed by atoms with Crippen LogP contribution < -0.4 is 0 Å². The molecule has 0 unspecified atom stereocenters. The minimum absolute atomic E-state index is 0.0835. The summed E-state index contributed by atoms with van der Waals surface area (Å²) >= 11 is 0. The van der Waals surface area contributed by atoms with Gasteiger partial charge in [0.05, 0.1) is 6.04 Å². The van der Waals surface area contributed by atoms with Gasteiger partial charge in [-0.25, -0.2) is 23.2 Å². The maximum atomic E-state index is 12.5. The van der Waals surface area contributed by atoms with Crippen molar-refractivity contribution < 1.29 is 13.2 Å². The SMILES string of the molecule is N#Cc1ncccc1S(=O)(=O)N1CCC(N=C=O)CC1. The highest BCUT2D eigenvalue weighted by Crippen LogP contribution is 2.23. The summed E-state index contributed by atoms with van der Waals surface area (Å²) in [5.41, 5.74) is -0.111. The van der Waals surface area contributed by atoms with Crippen molar-refractivity contribution in [3.05, 3.63) is 24.0 Å². The average Bonchev–Trinajstić information content (AvgIpc) is 2.48. The summed E-state index contributed by atoms with van der Waals surface area (Å²) < 4.78 is 26.2. The summed E-state index contributed by atoms with van der Waals surface area (Å²) in [7, 11) is -3.74. The Morgan fingerprint density at radius 2 is 2.10 bits per heavy atom. The molecule has 0 bridgehead atoms. The molecule has 104 valence electrons. The summed E-state index contributed by atoms with van der Waals surface area (Å²) in [5, 5.41) is 8.94. The molecule has 1 aliphatic rings. The fraction of sp³-hybridized carbons (Fsp3) is 0.417. The van der Waals surface area contributed by atoms with E-state index in [2.05, 4.69) is 9.98 Å². The quantitative estimate of drug-likeness (QED) is 0.594. The van der Waals surface area contributed by atoms with Gasteiger partial charge < -0.3 is 0 Å². The van der Waals surface area contributed by atoms with Gasteiger partial charge in [-0.15, -0.1) is 0 Å². The molecule has 0 aliphatic carbocycles. The summed E-state index contributed by atoms with van der Waals surface area (Å²) in [6.45, 7) is 0.524. The van der Waals surface area contributed by atoms with Crippen molar-refractivity contribution in [2.45, 2.75) is 23.8 Å². The molecule has 1 fully saturated rings. The fourth-order valence-electron chi connectivity index (χ4n) is 2.11.